The average molecular weight is 359 g/mol. The first-order valence-electron chi connectivity index (χ1n) is 8.37. The molecular formula is C20H19F2NO3. The summed E-state index contributed by atoms with van der Waals surface area (Å²) in [6.07, 6.45) is 0.0849. The van der Waals surface area contributed by atoms with Gasteiger partial charge in [-0.3, -0.25) is 9.59 Å². The maximum atomic E-state index is 13.7. The fraction of sp³-hybridized carbons (Fsp3) is 0.300. The minimum Gasteiger partial charge on any atom is -0.456 e. The van der Waals surface area contributed by atoms with Crippen LogP contribution < -0.4 is 5.32 Å². The molecule has 0 saturated carbocycles. The van der Waals surface area contributed by atoms with Gasteiger partial charge < -0.3 is 10.1 Å². The van der Waals surface area contributed by atoms with Crippen LogP contribution in [0.1, 0.15) is 45.1 Å². The molecule has 2 aromatic rings. The van der Waals surface area contributed by atoms with Crippen LogP contribution in [0.3, 0.4) is 0 Å². The van der Waals surface area contributed by atoms with Crippen LogP contribution in [-0.4, -0.2) is 18.4 Å². The predicted molar refractivity (Wildman–Crippen MR) is 91.8 cm³/mol. The van der Waals surface area contributed by atoms with Crippen molar-refractivity contribution in [1.29, 1.82) is 0 Å². The number of halogens is 2. The number of esters is 1. The molecule has 3 rings (SSSR count). The summed E-state index contributed by atoms with van der Waals surface area (Å²) < 4.78 is 32.4. The van der Waals surface area contributed by atoms with E-state index in [1.807, 2.05) is 19.9 Å². The van der Waals surface area contributed by atoms with Gasteiger partial charge in [0.2, 0.25) is 0 Å². The summed E-state index contributed by atoms with van der Waals surface area (Å²) in [5.41, 5.74) is 3.10. The lowest BCUT2D eigenvalue weighted by molar-refractivity contribution is -0.148. The van der Waals surface area contributed by atoms with E-state index in [2.05, 4.69) is 5.32 Å². The van der Waals surface area contributed by atoms with Crippen molar-refractivity contribution < 1.29 is 23.1 Å². The fourth-order valence-corrected chi connectivity index (χ4v) is 3.29. The Morgan fingerprint density at radius 2 is 1.81 bits per heavy atom. The highest BCUT2D eigenvalue weighted by atomic mass is 19.1. The molecule has 0 heterocycles. The smallest absolute Gasteiger partial charge is 0.326 e. The van der Waals surface area contributed by atoms with Gasteiger partial charge in [0.1, 0.15) is 24.3 Å². The summed E-state index contributed by atoms with van der Waals surface area (Å²) in [7, 11) is 0. The van der Waals surface area contributed by atoms with Gasteiger partial charge in [0.15, 0.2) is 0 Å². The molecule has 0 saturated heterocycles. The largest absolute Gasteiger partial charge is 0.456 e. The van der Waals surface area contributed by atoms with E-state index in [-0.39, 0.29) is 12.5 Å². The molecule has 0 radical (unpaired) electrons. The number of rotatable bonds is 4. The third kappa shape index (κ3) is 3.90. The standard InChI is InChI=1S/C20H19F2NO3/c1-11-5-12(2)7-13(6-11)20(25)23-10-19(24)26-18-4-3-15-16(18)8-14(21)9-17(15)22/h5-9,18H,3-4,10H2,1-2H3,(H,23,25)/t18-/m1/s1. The third-order valence-electron chi connectivity index (χ3n) is 4.35. The molecule has 1 aliphatic carbocycles. The zero-order valence-electron chi connectivity index (χ0n) is 14.6. The number of ether oxygens (including phenoxy) is 1. The highest BCUT2D eigenvalue weighted by Gasteiger charge is 2.29. The van der Waals surface area contributed by atoms with Gasteiger partial charge in [0.05, 0.1) is 0 Å². The van der Waals surface area contributed by atoms with E-state index in [4.69, 9.17) is 4.74 Å². The number of hydrogen-bond acceptors (Lipinski definition) is 3. The van der Waals surface area contributed by atoms with Gasteiger partial charge in [-0.15, -0.1) is 0 Å². The molecule has 136 valence electrons. The van der Waals surface area contributed by atoms with Gasteiger partial charge in [-0.05, 0) is 50.5 Å². The van der Waals surface area contributed by atoms with Crippen LogP contribution in [0.2, 0.25) is 0 Å². The first-order chi connectivity index (χ1) is 12.3. The maximum absolute atomic E-state index is 13.7. The third-order valence-corrected chi connectivity index (χ3v) is 4.35. The van der Waals surface area contributed by atoms with Crippen molar-refractivity contribution >= 4 is 11.9 Å². The van der Waals surface area contributed by atoms with Crippen molar-refractivity contribution in [2.75, 3.05) is 6.54 Å². The summed E-state index contributed by atoms with van der Waals surface area (Å²) >= 11 is 0. The van der Waals surface area contributed by atoms with E-state index in [9.17, 15) is 18.4 Å². The molecule has 6 heteroatoms. The Bertz CT molecular complexity index is 859. The van der Waals surface area contributed by atoms with Gasteiger partial charge in [0.25, 0.3) is 5.91 Å². The molecule has 0 aliphatic heterocycles. The SMILES string of the molecule is Cc1cc(C)cc(C(=O)NCC(=O)O[C@@H]2CCc3c(F)cc(F)cc32)c1. The number of carbonyl (C=O) groups is 2. The van der Waals surface area contributed by atoms with E-state index in [0.717, 1.165) is 17.2 Å². The topological polar surface area (TPSA) is 55.4 Å². The summed E-state index contributed by atoms with van der Waals surface area (Å²) in [4.78, 5) is 24.2. The molecule has 0 unspecified atom stereocenters. The molecule has 1 amide bonds. The normalized spacial score (nSPS) is 15.5. The van der Waals surface area contributed by atoms with Gasteiger partial charge in [-0.25, -0.2) is 8.78 Å². The average Bonchev–Trinajstić information content (AvgIpc) is 2.94. The van der Waals surface area contributed by atoms with Gasteiger partial charge in [-0.2, -0.15) is 0 Å². The van der Waals surface area contributed by atoms with E-state index in [1.165, 1.54) is 6.07 Å². The van der Waals surface area contributed by atoms with E-state index >= 15 is 0 Å². The number of nitrogens with one attached hydrogen (secondary N) is 1. The van der Waals surface area contributed by atoms with E-state index in [1.54, 1.807) is 12.1 Å². The lowest BCUT2D eigenvalue weighted by Gasteiger charge is -2.14. The van der Waals surface area contributed by atoms with Crippen LogP contribution in [0.25, 0.3) is 0 Å². The van der Waals surface area contributed by atoms with Crippen LogP contribution in [0.4, 0.5) is 8.78 Å². The summed E-state index contributed by atoms with van der Waals surface area (Å²) in [5, 5.41) is 2.51. The molecule has 2 aromatic carbocycles. The van der Waals surface area contributed by atoms with Crippen molar-refractivity contribution in [3.8, 4) is 0 Å². The Morgan fingerprint density at radius 3 is 2.50 bits per heavy atom. The molecule has 26 heavy (non-hydrogen) atoms. The number of fused-ring (bicyclic) bond motifs is 1. The van der Waals surface area contributed by atoms with Crippen molar-refractivity contribution in [2.24, 2.45) is 0 Å². The molecule has 4 nitrogen and oxygen atoms in total. The second-order valence-corrected chi connectivity index (χ2v) is 6.53. The number of benzene rings is 2. The fourth-order valence-electron chi connectivity index (χ4n) is 3.29. The van der Waals surface area contributed by atoms with E-state index < -0.39 is 23.7 Å². The summed E-state index contributed by atoms with van der Waals surface area (Å²) in [5.74, 6) is -2.35. The monoisotopic (exact) mass is 359 g/mol. The van der Waals surface area contributed by atoms with Crippen LogP contribution in [0.15, 0.2) is 30.3 Å². The summed E-state index contributed by atoms with van der Waals surface area (Å²) in [6.45, 7) is 3.46. The minimum atomic E-state index is -0.702. The van der Waals surface area contributed by atoms with Crippen LogP contribution in [0.5, 0.6) is 0 Å². The molecule has 1 aliphatic rings. The summed E-state index contributed by atoms with van der Waals surface area (Å²) in [6, 6.07) is 7.42. The molecule has 0 fully saturated rings. The number of amides is 1. The van der Waals surface area contributed by atoms with Crippen LogP contribution in [-0.2, 0) is 16.0 Å². The highest BCUT2D eigenvalue weighted by molar-refractivity contribution is 5.96. The van der Waals surface area contributed by atoms with Gasteiger partial charge in [0, 0.05) is 17.2 Å². The molecule has 1 atom stereocenters. The van der Waals surface area contributed by atoms with E-state index in [0.29, 0.717) is 29.5 Å². The molecule has 0 spiro atoms. The van der Waals surface area contributed by atoms with Crippen molar-refractivity contribution in [3.63, 3.8) is 0 Å². The van der Waals surface area contributed by atoms with Crippen molar-refractivity contribution in [2.45, 2.75) is 32.8 Å². The second kappa shape index (κ2) is 7.23. The molecule has 0 bridgehead atoms. The lowest BCUT2D eigenvalue weighted by atomic mass is 10.1. The Hall–Kier alpha value is -2.76. The number of hydrogen-bond donors (Lipinski definition) is 1. The second-order valence-electron chi connectivity index (χ2n) is 6.53. The Morgan fingerprint density at radius 1 is 1.12 bits per heavy atom. The lowest BCUT2D eigenvalue weighted by Crippen LogP contribution is -2.31. The Labute approximate surface area is 150 Å². The Balaban J connectivity index is 1.60. The highest BCUT2D eigenvalue weighted by Crippen LogP contribution is 2.36. The number of aryl methyl sites for hydroxylation is 2. The van der Waals surface area contributed by atoms with Crippen molar-refractivity contribution in [1.82, 2.24) is 5.32 Å². The number of carbonyl (C=O) groups excluding carboxylic acids is 2. The minimum absolute atomic E-state index is 0.310. The zero-order chi connectivity index (χ0) is 18.8. The quantitative estimate of drug-likeness (QED) is 0.850. The van der Waals surface area contributed by atoms with Crippen LogP contribution >= 0.6 is 0 Å². The maximum Gasteiger partial charge on any atom is 0.326 e. The first-order valence-corrected chi connectivity index (χ1v) is 8.37. The molecule has 0 aromatic heterocycles. The predicted octanol–water partition coefficient (Wildman–Crippen LogP) is 3.54. The Kier molecular flexibility index (Phi) is 5.02. The van der Waals surface area contributed by atoms with Crippen molar-refractivity contribution in [3.05, 3.63) is 69.8 Å². The van der Waals surface area contributed by atoms with Gasteiger partial charge in [-0.1, -0.05) is 17.2 Å². The van der Waals surface area contributed by atoms with Gasteiger partial charge >= 0.3 is 5.97 Å². The molecule has 1 N–H and O–H groups in total. The molecular weight excluding hydrogens is 340 g/mol. The van der Waals surface area contributed by atoms with Crippen LogP contribution in [0, 0.1) is 25.5 Å². The first kappa shape index (κ1) is 18.0. The zero-order valence-corrected chi connectivity index (χ0v) is 14.6.